The molecule has 226 valence electrons. The number of benzene rings is 4. The van der Waals surface area contributed by atoms with E-state index >= 15 is 0 Å². The standard InChI is InChI=1S/C33H34N6O5/c34-32(38-39(43)44)35-22-10-17-29(30(41)36-23-24-18-20-28(40)21-19-24)37-31(42)33(25-11-4-1-5-12-25,26-13-6-2-7-14-26)27-15-8-3-9-16-27/h1-9,11-16,18-21,29,40H,10,17,22-23H2,(H,36,41)(H,37,42)(H3,34,35,38)/t29-/m1/s1. The van der Waals surface area contributed by atoms with Gasteiger partial charge >= 0.3 is 0 Å². The van der Waals surface area contributed by atoms with E-state index in [1.807, 2.05) is 91.0 Å². The summed E-state index contributed by atoms with van der Waals surface area (Å²) >= 11 is 0. The number of amides is 2. The second kappa shape index (κ2) is 15.0. The summed E-state index contributed by atoms with van der Waals surface area (Å²) in [5, 5.41) is 30.9. The minimum Gasteiger partial charge on any atom is -0.508 e. The van der Waals surface area contributed by atoms with Gasteiger partial charge in [0.1, 0.15) is 22.3 Å². The number of nitro groups is 1. The van der Waals surface area contributed by atoms with Crippen LogP contribution in [-0.2, 0) is 21.5 Å². The van der Waals surface area contributed by atoms with Crippen molar-refractivity contribution in [3.8, 4) is 5.75 Å². The molecule has 6 N–H and O–H groups in total. The molecule has 0 fully saturated rings. The number of hydrogen-bond donors (Lipinski definition) is 5. The topological polar surface area (TPSA) is 172 Å². The van der Waals surface area contributed by atoms with Crippen LogP contribution in [0.5, 0.6) is 5.75 Å². The van der Waals surface area contributed by atoms with Crippen LogP contribution in [0.2, 0.25) is 0 Å². The molecule has 1 atom stereocenters. The van der Waals surface area contributed by atoms with Gasteiger partial charge in [-0.3, -0.25) is 9.59 Å². The lowest BCUT2D eigenvalue weighted by Crippen LogP contribution is -2.54. The van der Waals surface area contributed by atoms with Gasteiger partial charge in [-0.2, -0.15) is 0 Å². The third-order valence-corrected chi connectivity index (χ3v) is 7.15. The molecular formula is C33H34N6O5. The van der Waals surface area contributed by atoms with Crippen molar-refractivity contribution in [2.75, 3.05) is 6.54 Å². The van der Waals surface area contributed by atoms with Crippen LogP contribution in [-0.4, -0.2) is 40.5 Å². The van der Waals surface area contributed by atoms with Gasteiger partial charge in [0.25, 0.3) is 5.96 Å². The highest BCUT2D eigenvalue weighted by atomic mass is 16.7. The molecular weight excluding hydrogens is 560 g/mol. The van der Waals surface area contributed by atoms with Gasteiger partial charge in [-0.1, -0.05) is 103 Å². The molecule has 0 heterocycles. The molecule has 0 saturated heterocycles. The minimum atomic E-state index is -1.29. The number of phenols is 1. The van der Waals surface area contributed by atoms with E-state index in [2.05, 4.69) is 21.1 Å². The van der Waals surface area contributed by atoms with Crippen molar-refractivity contribution in [2.45, 2.75) is 30.8 Å². The zero-order valence-corrected chi connectivity index (χ0v) is 23.9. The van der Waals surface area contributed by atoms with Crippen LogP contribution in [0.4, 0.5) is 0 Å². The zero-order chi connectivity index (χ0) is 31.4. The van der Waals surface area contributed by atoms with E-state index in [0.717, 1.165) is 22.3 Å². The summed E-state index contributed by atoms with van der Waals surface area (Å²) in [7, 11) is 0. The molecule has 0 bridgehead atoms. The molecule has 0 saturated carbocycles. The fraction of sp³-hybridized carbons (Fsp3) is 0.182. The van der Waals surface area contributed by atoms with Gasteiger partial charge in [-0.25, -0.2) is 10.1 Å². The number of hydrazone groups is 1. The number of nitrogens with zero attached hydrogens (tertiary/aromatic N) is 2. The summed E-state index contributed by atoms with van der Waals surface area (Å²) in [6, 6.07) is 33.6. The SMILES string of the molecule is N/C(=N/[N+](=O)[O-])NCCC[C@@H](NC(=O)C(c1ccccc1)(c1ccccc1)c1ccccc1)C(=O)NCc1ccc(O)cc1. The molecule has 0 spiro atoms. The average molecular weight is 595 g/mol. The Labute approximate surface area is 255 Å². The van der Waals surface area contributed by atoms with Crippen LogP contribution in [0.25, 0.3) is 0 Å². The molecule has 2 amide bonds. The molecule has 0 aliphatic carbocycles. The number of carbonyl (C=O) groups excluding carboxylic acids is 2. The van der Waals surface area contributed by atoms with E-state index in [9.17, 15) is 24.8 Å². The molecule has 0 aliphatic rings. The van der Waals surface area contributed by atoms with Gasteiger partial charge in [0.05, 0.1) is 0 Å². The van der Waals surface area contributed by atoms with Crippen LogP contribution < -0.4 is 21.7 Å². The number of carbonyl (C=O) groups is 2. The summed E-state index contributed by atoms with van der Waals surface area (Å²) in [5.41, 5.74) is 7.18. The smallest absolute Gasteiger partial charge is 0.266 e. The Morgan fingerprint density at radius 2 is 1.32 bits per heavy atom. The molecule has 4 rings (SSSR count). The van der Waals surface area contributed by atoms with Gasteiger partial charge in [0.15, 0.2) is 5.03 Å². The van der Waals surface area contributed by atoms with Crippen LogP contribution in [0.1, 0.15) is 35.1 Å². The maximum atomic E-state index is 14.7. The van der Waals surface area contributed by atoms with E-state index in [1.165, 1.54) is 12.1 Å². The first kappa shape index (κ1) is 31.2. The van der Waals surface area contributed by atoms with Crippen molar-refractivity contribution in [2.24, 2.45) is 10.8 Å². The first-order valence-corrected chi connectivity index (χ1v) is 14.1. The van der Waals surface area contributed by atoms with Crippen LogP contribution in [0.15, 0.2) is 120 Å². The minimum absolute atomic E-state index is 0.108. The van der Waals surface area contributed by atoms with Gasteiger partial charge in [-0.05, 0) is 47.2 Å². The molecule has 4 aromatic carbocycles. The third-order valence-electron chi connectivity index (χ3n) is 7.15. The van der Waals surface area contributed by atoms with Crippen LogP contribution >= 0.6 is 0 Å². The molecule has 0 aromatic heterocycles. The maximum absolute atomic E-state index is 14.7. The van der Waals surface area contributed by atoms with Crippen molar-refractivity contribution >= 4 is 17.8 Å². The summed E-state index contributed by atoms with van der Waals surface area (Å²) in [5.74, 6) is -1.06. The van der Waals surface area contributed by atoms with Crippen molar-refractivity contribution < 1.29 is 19.7 Å². The zero-order valence-electron chi connectivity index (χ0n) is 23.9. The fourth-order valence-corrected chi connectivity index (χ4v) is 5.07. The van der Waals surface area contributed by atoms with Crippen molar-refractivity contribution in [3.05, 3.63) is 148 Å². The lowest BCUT2D eigenvalue weighted by molar-refractivity contribution is -0.485. The van der Waals surface area contributed by atoms with Gasteiger partial charge in [-0.15, -0.1) is 0 Å². The van der Waals surface area contributed by atoms with E-state index in [1.54, 1.807) is 12.1 Å². The number of nitrogens with one attached hydrogen (secondary N) is 3. The Hall–Kier alpha value is -5.71. The predicted molar refractivity (Wildman–Crippen MR) is 167 cm³/mol. The summed E-state index contributed by atoms with van der Waals surface area (Å²) in [6.07, 6.45) is 0.529. The van der Waals surface area contributed by atoms with Crippen LogP contribution in [0, 0.1) is 10.1 Å². The highest BCUT2D eigenvalue weighted by Crippen LogP contribution is 2.39. The highest BCUT2D eigenvalue weighted by molar-refractivity contribution is 5.98. The van der Waals surface area contributed by atoms with Gasteiger partial charge in [0.2, 0.25) is 11.8 Å². The highest BCUT2D eigenvalue weighted by Gasteiger charge is 2.44. The Morgan fingerprint density at radius 1 is 0.818 bits per heavy atom. The molecule has 11 heteroatoms. The first-order chi connectivity index (χ1) is 21.3. The van der Waals surface area contributed by atoms with Gasteiger partial charge in [0, 0.05) is 13.1 Å². The third kappa shape index (κ3) is 7.77. The summed E-state index contributed by atoms with van der Waals surface area (Å²) < 4.78 is 0. The quantitative estimate of drug-likeness (QED) is 0.0394. The van der Waals surface area contributed by atoms with Crippen molar-refractivity contribution in [1.82, 2.24) is 16.0 Å². The lowest BCUT2D eigenvalue weighted by Gasteiger charge is -2.35. The average Bonchev–Trinajstić information content (AvgIpc) is 3.03. The van der Waals surface area contributed by atoms with Crippen molar-refractivity contribution in [1.29, 1.82) is 0 Å². The molecule has 44 heavy (non-hydrogen) atoms. The number of nitrogens with two attached hydrogens (primary N) is 1. The Kier molecular flexibility index (Phi) is 10.6. The lowest BCUT2D eigenvalue weighted by atomic mass is 9.68. The molecule has 11 nitrogen and oxygen atoms in total. The predicted octanol–water partition coefficient (Wildman–Crippen LogP) is 3.40. The number of rotatable bonds is 13. The number of phenolic OH excluding ortho intramolecular Hbond substituents is 1. The maximum Gasteiger partial charge on any atom is 0.266 e. The Balaban J connectivity index is 1.67. The Bertz CT molecular complexity index is 1470. The largest absolute Gasteiger partial charge is 0.508 e. The fourth-order valence-electron chi connectivity index (χ4n) is 5.07. The van der Waals surface area contributed by atoms with Gasteiger partial charge < -0.3 is 26.8 Å². The van der Waals surface area contributed by atoms with E-state index in [4.69, 9.17) is 5.73 Å². The summed E-state index contributed by atoms with van der Waals surface area (Å²) in [6.45, 7) is 0.357. The second-order valence-electron chi connectivity index (χ2n) is 10.1. The number of aromatic hydroxyl groups is 1. The normalized spacial score (nSPS) is 12.1. The Morgan fingerprint density at radius 3 is 1.80 bits per heavy atom. The van der Waals surface area contributed by atoms with Crippen molar-refractivity contribution in [3.63, 3.8) is 0 Å². The number of hydrogen-bond acceptors (Lipinski definition) is 5. The monoisotopic (exact) mass is 594 g/mol. The molecule has 0 aliphatic heterocycles. The molecule has 0 unspecified atom stereocenters. The van der Waals surface area contributed by atoms with E-state index in [-0.39, 0.29) is 31.2 Å². The molecule has 4 aromatic rings. The first-order valence-electron chi connectivity index (χ1n) is 14.1. The summed E-state index contributed by atoms with van der Waals surface area (Å²) in [4.78, 5) is 38.9. The van der Waals surface area contributed by atoms with E-state index in [0.29, 0.717) is 6.42 Å². The second-order valence-corrected chi connectivity index (χ2v) is 10.1. The van der Waals surface area contributed by atoms with Crippen LogP contribution in [0.3, 0.4) is 0 Å². The van der Waals surface area contributed by atoms with E-state index < -0.39 is 28.3 Å². The molecule has 0 radical (unpaired) electrons. The number of guanidine groups is 1.